The van der Waals surface area contributed by atoms with Crippen LogP contribution in [0.1, 0.15) is 49.4 Å². The summed E-state index contributed by atoms with van der Waals surface area (Å²) < 4.78 is 40.1. The second kappa shape index (κ2) is 6.58. The molecule has 1 unspecified atom stereocenters. The van der Waals surface area contributed by atoms with Gasteiger partial charge in [-0.2, -0.15) is 13.2 Å². The summed E-state index contributed by atoms with van der Waals surface area (Å²) in [6.07, 6.45) is 0.489. The number of hydrogen-bond donors (Lipinski definition) is 1. The van der Waals surface area contributed by atoms with Gasteiger partial charge in [0.15, 0.2) is 5.82 Å². The van der Waals surface area contributed by atoms with Gasteiger partial charge >= 0.3 is 6.18 Å². The molecule has 0 aromatic carbocycles. The van der Waals surface area contributed by atoms with Crippen molar-refractivity contribution in [3.05, 3.63) is 34.5 Å². The van der Waals surface area contributed by atoms with Crippen molar-refractivity contribution in [3.8, 4) is 0 Å². The van der Waals surface area contributed by atoms with Crippen molar-refractivity contribution in [1.82, 2.24) is 19.7 Å². The van der Waals surface area contributed by atoms with Crippen LogP contribution in [0.2, 0.25) is 5.02 Å². The summed E-state index contributed by atoms with van der Waals surface area (Å²) >= 11 is 5.94. The normalized spacial score (nSPS) is 16.4. The summed E-state index contributed by atoms with van der Waals surface area (Å²) in [5.74, 6) is 1.88. The number of halogens is 4. The van der Waals surface area contributed by atoms with Crippen LogP contribution in [0.25, 0.3) is 0 Å². The van der Waals surface area contributed by atoms with Crippen molar-refractivity contribution in [2.75, 3.05) is 5.32 Å². The molecule has 24 heavy (non-hydrogen) atoms. The molecular formula is C15H17ClF3N5. The minimum absolute atomic E-state index is 0.0766. The van der Waals surface area contributed by atoms with Crippen molar-refractivity contribution >= 4 is 17.4 Å². The molecule has 5 nitrogen and oxygen atoms in total. The SMILES string of the molecule is CC(Nc1ncc(C(F)(F)F)cc1Cl)c1nnc2n1CCCCC2. The number of nitrogens with zero attached hydrogens (tertiary/aromatic N) is 4. The second-order valence-electron chi connectivity index (χ2n) is 5.85. The molecule has 0 aliphatic carbocycles. The van der Waals surface area contributed by atoms with Gasteiger partial charge in [-0.3, -0.25) is 0 Å². The molecule has 0 amide bonds. The van der Waals surface area contributed by atoms with Gasteiger partial charge in [0.25, 0.3) is 0 Å². The van der Waals surface area contributed by atoms with Crippen LogP contribution in [0.3, 0.4) is 0 Å². The van der Waals surface area contributed by atoms with E-state index in [9.17, 15) is 13.2 Å². The van der Waals surface area contributed by atoms with Gasteiger partial charge in [-0.25, -0.2) is 4.98 Å². The Labute approximate surface area is 142 Å². The fraction of sp³-hybridized carbons (Fsp3) is 0.533. The van der Waals surface area contributed by atoms with Gasteiger partial charge in [-0.05, 0) is 25.8 Å². The fourth-order valence-corrected chi connectivity index (χ4v) is 3.02. The quantitative estimate of drug-likeness (QED) is 0.890. The van der Waals surface area contributed by atoms with Crippen LogP contribution in [0, 0.1) is 0 Å². The van der Waals surface area contributed by atoms with E-state index >= 15 is 0 Å². The molecule has 0 saturated heterocycles. The van der Waals surface area contributed by atoms with Gasteiger partial charge in [0.2, 0.25) is 0 Å². The molecule has 0 radical (unpaired) electrons. The van der Waals surface area contributed by atoms with Crippen molar-refractivity contribution in [1.29, 1.82) is 0 Å². The maximum absolute atomic E-state index is 12.7. The molecule has 3 rings (SSSR count). The molecular weight excluding hydrogens is 343 g/mol. The third-order valence-corrected chi connectivity index (χ3v) is 4.34. The van der Waals surface area contributed by atoms with Gasteiger partial charge in [0.05, 0.1) is 16.6 Å². The number of nitrogens with one attached hydrogen (secondary N) is 1. The highest BCUT2D eigenvalue weighted by atomic mass is 35.5. The maximum Gasteiger partial charge on any atom is 0.417 e. The average Bonchev–Trinajstić information content (AvgIpc) is 2.77. The number of hydrogen-bond acceptors (Lipinski definition) is 4. The minimum atomic E-state index is -4.47. The summed E-state index contributed by atoms with van der Waals surface area (Å²) in [7, 11) is 0. The molecule has 3 heterocycles. The van der Waals surface area contributed by atoms with Gasteiger partial charge in [-0.1, -0.05) is 18.0 Å². The summed E-state index contributed by atoms with van der Waals surface area (Å²) in [6.45, 7) is 2.70. The Balaban J connectivity index is 1.80. The maximum atomic E-state index is 12.7. The van der Waals surface area contributed by atoms with Gasteiger partial charge in [0.1, 0.15) is 11.6 Å². The number of fused-ring (bicyclic) bond motifs is 1. The largest absolute Gasteiger partial charge is 0.417 e. The topological polar surface area (TPSA) is 55.6 Å². The van der Waals surface area contributed by atoms with Crippen LogP contribution in [0.5, 0.6) is 0 Å². The Morgan fingerprint density at radius 2 is 2.04 bits per heavy atom. The van der Waals surface area contributed by atoms with E-state index in [-0.39, 0.29) is 16.9 Å². The lowest BCUT2D eigenvalue weighted by atomic mass is 10.2. The van der Waals surface area contributed by atoms with E-state index in [0.29, 0.717) is 0 Å². The van der Waals surface area contributed by atoms with E-state index in [4.69, 9.17) is 11.6 Å². The molecule has 0 fully saturated rings. The lowest BCUT2D eigenvalue weighted by Gasteiger charge is -2.17. The highest BCUT2D eigenvalue weighted by molar-refractivity contribution is 6.33. The van der Waals surface area contributed by atoms with Crippen LogP contribution in [0.4, 0.5) is 19.0 Å². The molecule has 1 atom stereocenters. The molecule has 1 aliphatic rings. The van der Waals surface area contributed by atoms with Crippen molar-refractivity contribution in [2.45, 2.75) is 51.4 Å². The first-order chi connectivity index (χ1) is 11.4. The predicted octanol–water partition coefficient (Wildman–Crippen LogP) is 4.24. The molecule has 0 saturated carbocycles. The van der Waals surface area contributed by atoms with Crippen LogP contribution >= 0.6 is 11.6 Å². The highest BCUT2D eigenvalue weighted by Gasteiger charge is 2.31. The van der Waals surface area contributed by atoms with E-state index in [1.807, 2.05) is 6.92 Å². The lowest BCUT2D eigenvalue weighted by Crippen LogP contribution is -2.16. The fourth-order valence-electron chi connectivity index (χ4n) is 2.80. The Hall–Kier alpha value is -1.83. The standard InChI is InChI=1S/C15H17ClF3N5/c1-9(14-23-22-12-5-3-2-4-6-24(12)14)21-13-11(16)7-10(8-20-13)15(17,18)19/h7-9H,2-6H2,1H3,(H,20,21). The molecule has 1 N–H and O–H groups in total. The van der Waals surface area contributed by atoms with Gasteiger partial charge in [-0.15, -0.1) is 10.2 Å². The summed E-state index contributed by atoms with van der Waals surface area (Å²) in [4.78, 5) is 3.80. The first kappa shape index (κ1) is 17.0. The molecule has 2 aromatic heterocycles. The van der Waals surface area contributed by atoms with Crippen molar-refractivity contribution < 1.29 is 13.2 Å². The Bertz CT molecular complexity index is 728. The van der Waals surface area contributed by atoms with E-state index < -0.39 is 11.7 Å². The Morgan fingerprint density at radius 3 is 2.75 bits per heavy atom. The third kappa shape index (κ3) is 3.48. The average molecular weight is 360 g/mol. The number of alkyl halides is 3. The molecule has 0 spiro atoms. The van der Waals surface area contributed by atoms with Crippen LogP contribution in [-0.2, 0) is 19.1 Å². The van der Waals surface area contributed by atoms with Gasteiger partial charge in [0, 0.05) is 19.2 Å². The number of anilines is 1. The molecule has 0 bridgehead atoms. The zero-order chi connectivity index (χ0) is 17.3. The summed E-state index contributed by atoms with van der Waals surface area (Å²) in [5, 5.41) is 11.4. The molecule has 9 heteroatoms. The molecule has 2 aromatic rings. The van der Waals surface area contributed by atoms with Crippen molar-refractivity contribution in [2.24, 2.45) is 0 Å². The smallest absolute Gasteiger partial charge is 0.359 e. The molecule has 1 aliphatic heterocycles. The first-order valence-corrected chi connectivity index (χ1v) is 8.15. The minimum Gasteiger partial charge on any atom is -0.359 e. The lowest BCUT2D eigenvalue weighted by molar-refractivity contribution is -0.137. The monoisotopic (exact) mass is 359 g/mol. The van der Waals surface area contributed by atoms with Gasteiger partial charge < -0.3 is 9.88 Å². The van der Waals surface area contributed by atoms with Crippen LogP contribution in [-0.4, -0.2) is 19.7 Å². The Kier molecular flexibility index (Phi) is 4.67. The molecule has 130 valence electrons. The zero-order valence-electron chi connectivity index (χ0n) is 13.1. The van der Waals surface area contributed by atoms with E-state index in [1.165, 1.54) is 0 Å². The summed E-state index contributed by atoms with van der Waals surface area (Å²) in [6, 6.07) is 0.597. The van der Waals surface area contributed by atoms with E-state index in [0.717, 1.165) is 56.1 Å². The number of aromatic nitrogens is 4. The van der Waals surface area contributed by atoms with Crippen LogP contribution in [0.15, 0.2) is 12.3 Å². The van der Waals surface area contributed by atoms with Crippen molar-refractivity contribution in [3.63, 3.8) is 0 Å². The van der Waals surface area contributed by atoms with Crippen LogP contribution < -0.4 is 5.32 Å². The highest BCUT2D eigenvalue weighted by Crippen LogP contribution is 2.33. The zero-order valence-corrected chi connectivity index (χ0v) is 13.8. The number of rotatable bonds is 3. The Morgan fingerprint density at radius 1 is 1.25 bits per heavy atom. The van der Waals surface area contributed by atoms with E-state index in [2.05, 4.69) is 25.1 Å². The number of aryl methyl sites for hydroxylation is 1. The number of pyridine rings is 1. The third-order valence-electron chi connectivity index (χ3n) is 4.05. The first-order valence-electron chi connectivity index (χ1n) is 7.77. The van der Waals surface area contributed by atoms with E-state index in [1.54, 1.807) is 0 Å². The second-order valence-corrected chi connectivity index (χ2v) is 6.26. The predicted molar refractivity (Wildman–Crippen MR) is 83.9 cm³/mol. The summed E-state index contributed by atoms with van der Waals surface area (Å²) in [5.41, 5.74) is -0.873.